The molecule has 0 spiro atoms. The molecule has 1 N–H and O–H groups in total. The molecule has 3 nitrogen and oxygen atoms in total. The van der Waals surface area contributed by atoms with Crippen molar-refractivity contribution in [2.75, 3.05) is 0 Å². The number of halogens is 3. The predicted molar refractivity (Wildman–Crippen MR) is 117 cm³/mol. The Morgan fingerprint density at radius 2 is 1.72 bits per heavy atom. The van der Waals surface area contributed by atoms with Crippen molar-refractivity contribution < 1.29 is 23.1 Å². The van der Waals surface area contributed by atoms with Crippen molar-refractivity contribution in [2.24, 2.45) is 33.7 Å². The maximum Gasteiger partial charge on any atom is 0.416 e. The minimum absolute atomic E-state index is 0.0928. The molecule has 174 valence electrons. The summed E-state index contributed by atoms with van der Waals surface area (Å²) in [5, 5.41) is 14.9. The lowest BCUT2D eigenvalue weighted by atomic mass is 9.47. The van der Waals surface area contributed by atoms with E-state index in [0.29, 0.717) is 23.5 Å². The molecular weight excluding hydrogens is 415 g/mol. The van der Waals surface area contributed by atoms with E-state index in [-0.39, 0.29) is 16.9 Å². The van der Waals surface area contributed by atoms with Crippen LogP contribution in [0.5, 0.6) is 5.75 Å². The molecule has 6 atom stereocenters. The fourth-order valence-electron chi connectivity index (χ4n) is 7.43. The quantitative estimate of drug-likeness (QED) is 0.509. The third-order valence-corrected chi connectivity index (χ3v) is 9.38. The zero-order valence-corrected chi connectivity index (χ0v) is 18.8. The van der Waals surface area contributed by atoms with Gasteiger partial charge in [0.05, 0.1) is 17.4 Å². The Balaban J connectivity index is 1.31. The van der Waals surface area contributed by atoms with Gasteiger partial charge >= 0.3 is 6.18 Å². The van der Waals surface area contributed by atoms with Crippen LogP contribution in [0.1, 0.15) is 70.8 Å². The summed E-state index contributed by atoms with van der Waals surface area (Å²) in [7, 11) is 0. The van der Waals surface area contributed by atoms with Crippen LogP contribution in [0, 0.1) is 28.6 Å². The van der Waals surface area contributed by atoms with Crippen molar-refractivity contribution in [2.45, 2.75) is 77.5 Å². The van der Waals surface area contributed by atoms with Gasteiger partial charge in [-0.25, -0.2) is 0 Å². The molecule has 0 bridgehead atoms. The second-order valence-corrected chi connectivity index (χ2v) is 10.8. The fourth-order valence-corrected chi connectivity index (χ4v) is 7.43. The molecule has 1 aromatic rings. The van der Waals surface area contributed by atoms with Crippen molar-refractivity contribution in [1.82, 2.24) is 0 Å². The van der Waals surface area contributed by atoms with E-state index in [1.165, 1.54) is 30.5 Å². The van der Waals surface area contributed by atoms with Gasteiger partial charge in [0.2, 0.25) is 0 Å². The summed E-state index contributed by atoms with van der Waals surface area (Å²) in [5.41, 5.74) is 1.89. The lowest BCUT2D eigenvalue weighted by molar-refractivity contribution is -0.137. The molecule has 0 amide bonds. The molecule has 3 fully saturated rings. The largest absolute Gasteiger partial charge is 0.416 e. The number of fused-ring (bicyclic) bond motifs is 5. The predicted octanol–water partition coefficient (Wildman–Crippen LogP) is 6.76. The molecule has 0 radical (unpaired) electrons. The van der Waals surface area contributed by atoms with Gasteiger partial charge in [-0.1, -0.05) is 24.6 Å². The van der Waals surface area contributed by atoms with Crippen LogP contribution < -0.4 is 4.84 Å². The van der Waals surface area contributed by atoms with Crippen molar-refractivity contribution in [1.29, 1.82) is 0 Å². The van der Waals surface area contributed by atoms with Crippen LogP contribution in [0.25, 0.3) is 0 Å². The molecule has 32 heavy (non-hydrogen) atoms. The van der Waals surface area contributed by atoms with Gasteiger partial charge in [0, 0.05) is 0 Å². The third kappa shape index (κ3) is 3.49. The lowest BCUT2D eigenvalue weighted by Gasteiger charge is -2.57. The van der Waals surface area contributed by atoms with Gasteiger partial charge in [-0.2, -0.15) is 13.2 Å². The van der Waals surface area contributed by atoms with Crippen LogP contribution in [-0.4, -0.2) is 16.9 Å². The third-order valence-electron chi connectivity index (χ3n) is 9.38. The molecule has 0 aliphatic heterocycles. The standard InChI is InChI=1S/C26H32F3NO2/c1-24-13-11-18(30-32-19-6-3-16(4-7-19)26(27,28)29)15-17(24)5-8-20-21-9-10-23(31)25(21,2)14-12-22(20)24/h3-4,6-7,15,20-23,31H,5,8-14H2,1-2H3/t20-,21-,22-,23-,24-,25-/m0/s1. The summed E-state index contributed by atoms with van der Waals surface area (Å²) in [4.78, 5) is 5.46. The lowest BCUT2D eigenvalue weighted by Crippen LogP contribution is -2.51. The first-order valence-corrected chi connectivity index (χ1v) is 11.9. The average molecular weight is 448 g/mol. The second kappa shape index (κ2) is 7.61. The Labute approximate surface area is 187 Å². The van der Waals surface area contributed by atoms with E-state index in [1.807, 2.05) is 0 Å². The van der Waals surface area contributed by atoms with Crippen molar-refractivity contribution in [3.8, 4) is 5.75 Å². The minimum Gasteiger partial charge on any atom is -0.393 e. The smallest absolute Gasteiger partial charge is 0.393 e. The van der Waals surface area contributed by atoms with Crippen LogP contribution >= 0.6 is 0 Å². The molecule has 0 heterocycles. The Bertz CT molecular complexity index is 937. The molecule has 0 unspecified atom stereocenters. The highest BCUT2D eigenvalue weighted by atomic mass is 19.4. The summed E-state index contributed by atoms with van der Waals surface area (Å²) in [6.07, 6.45) is 6.14. The first-order valence-electron chi connectivity index (χ1n) is 11.9. The van der Waals surface area contributed by atoms with Gasteiger partial charge in [-0.3, -0.25) is 0 Å². The molecule has 1 aromatic carbocycles. The molecule has 3 saturated carbocycles. The van der Waals surface area contributed by atoms with Gasteiger partial charge in [0.1, 0.15) is 0 Å². The zero-order chi connectivity index (χ0) is 22.7. The Hall–Kier alpha value is -1.82. The maximum atomic E-state index is 12.7. The van der Waals surface area contributed by atoms with Crippen molar-refractivity contribution in [3.63, 3.8) is 0 Å². The summed E-state index contributed by atoms with van der Waals surface area (Å²) in [5.74, 6) is 2.29. The normalized spacial score (nSPS) is 40.3. The van der Waals surface area contributed by atoms with Crippen molar-refractivity contribution >= 4 is 5.71 Å². The molecule has 0 saturated heterocycles. The number of aliphatic hydroxyl groups excluding tert-OH is 1. The Morgan fingerprint density at radius 3 is 2.44 bits per heavy atom. The molecular formula is C26H32F3NO2. The van der Waals surface area contributed by atoms with Crippen LogP contribution in [0.15, 0.2) is 41.1 Å². The molecule has 4 aliphatic carbocycles. The maximum absolute atomic E-state index is 12.7. The number of alkyl halides is 3. The van der Waals surface area contributed by atoms with E-state index in [2.05, 4.69) is 25.1 Å². The first kappa shape index (κ1) is 22.0. The highest BCUT2D eigenvalue weighted by Crippen LogP contribution is 2.65. The Morgan fingerprint density at radius 1 is 0.969 bits per heavy atom. The number of allylic oxidation sites excluding steroid dienone is 2. The average Bonchev–Trinajstić information content (AvgIpc) is 3.06. The highest BCUT2D eigenvalue weighted by molar-refractivity contribution is 5.96. The first-order chi connectivity index (χ1) is 15.1. The Kier molecular flexibility index (Phi) is 5.23. The van der Waals surface area contributed by atoms with Crippen LogP contribution in [0.2, 0.25) is 0 Å². The van der Waals surface area contributed by atoms with E-state index in [0.717, 1.165) is 56.4 Å². The van der Waals surface area contributed by atoms with Crippen molar-refractivity contribution in [3.05, 3.63) is 41.5 Å². The van der Waals surface area contributed by atoms with E-state index in [4.69, 9.17) is 4.84 Å². The monoisotopic (exact) mass is 447 g/mol. The van der Waals surface area contributed by atoms with E-state index in [1.54, 1.807) is 0 Å². The van der Waals surface area contributed by atoms with Crippen LogP contribution in [0.4, 0.5) is 13.2 Å². The van der Waals surface area contributed by atoms with Gasteiger partial charge in [-0.05, 0) is 110 Å². The number of aliphatic hydroxyl groups is 1. The summed E-state index contributed by atoms with van der Waals surface area (Å²) in [6.45, 7) is 4.72. The number of hydrogen-bond acceptors (Lipinski definition) is 3. The van der Waals surface area contributed by atoms with Gasteiger partial charge < -0.3 is 9.94 Å². The summed E-state index contributed by atoms with van der Waals surface area (Å²) >= 11 is 0. The number of hydrogen-bond donors (Lipinski definition) is 1. The van der Waals surface area contributed by atoms with Gasteiger partial charge in [0.15, 0.2) is 5.75 Å². The minimum atomic E-state index is -4.35. The highest BCUT2D eigenvalue weighted by Gasteiger charge is 2.58. The second-order valence-electron chi connectivity index (χ2n) is 10.8. The van der Waals surface area contributed by atoms with E-state index >= 15 is 0 Å². The van der Waals surface area contributed by atoms with E-state index in [9.17, 15) is 18.3 Å². The number of oxime groups is 1. The molecule has 4 aliphatic rings. The fraction of sp³-hybridized carbons (Fsp3) is 0.654. The molecule has 0 aromatic heterocycles. The summed E-state index contributed by atoms with van der Waals surface area (Å²) in [6, 6.07) is 4.66. The van der Waals surface area contributed by atoms with Gasteiger partial charge in [-0.15, -0.1) is 0 Å². The van der Waals surface area contributed by atoms with Crippen LogP contribution in [-0.2, 0) is 6.18 Å². The number of rotatable bonds is 2. The molecule has 5 rings (SSSR count). The zero-order valence-electron chi connectivity index (χ0n) is 18.8. The number of nitrogens with zero attached hydrogens (tertiary/aromatic N) is 1. The summed E-state index contributed by atoms with van der Waals surface area (Å²) < 4.78 is 38.2. The van der Waals surface area contributed by atoms with Crippen LogP contribution in [0.3, 0.4) is 0 Å². The molecule has 6 heteroatoms. The topological polar surface area (TPSA) is 41.8 Å². The SMILES string of the molecule is C[C@]12CC[C@H]3[C@@H](CCC4=CC(=NOc5ccc(C(F)(F)F)cc5)CC[C@@]43C)[C@@H]1CC[C@@H]2O. The number of benzene rings is 1. The van der Waals surface area contributed by atoms with E-state index < -0.39 is 11.7 Å². The van der Waals surface area contributed by atoms with Gasteiger partial charge in [0.25, 0.3) is 0 Å².